The van der Waals surface area contributed by atoms with E-state index in [-0.39, 0.29) is 0 Å². The van der Waals surface area contributed by atoms with Gasteiger partial charge in [-0.25, -0.2) is 0 Å². The first-order valence-corrected chi connectivity index (χ1v) is 4.75. The van der Waals surface area contributed by atoms with E-state index in [2.05, 4.69) is 5.10 Å². The molecule has 2 aromatic rings. The Bertz CT molecular complexity index is 461. The number of para-hydroxylation sites is 1. The molecule has 0 unspecified atom stereocenters. The molecule has 0 fully saturated rings. The fourth-order valence-corrected chi connectivity index (χ4v) is 1.42. The first-order valence-electron chi connectivity index (χ1n) is 4.37. The molecule has 1 aromatic carbocycles. The van der Waals surface area contributed by atoms with E-state index in [4.69, 9.17) is 22.1 Å². The third-order valence-electron chi connectivity index (χ3n) is 1.90. The van der Waals surface area contributed by atoms with Crippen LogP contribution in [0.2, 0.25) is 5.02 Å². The minimum Gasteiger partial charge on any atom is -0.450 e. The Balaban J connectivity index is 2.31. The van der Waals surface area contributed by atoms with Crippen LogP contribution in [0.5, 0.6) is 11.5 Å². The Morgan fingerprint density at radius 2 is 2.27 bits per heavy atom. The van der Waals surface area contributed by atoms with Crippen molar-refractivity contribution in [2.45, 2.75) is 0 Å². The van der Waals surface area contributed by atoms with Gasteiger partial charge in [-0.15, -0.1) is 0 Å². The summed E-state index contributed by atoms with van der Waals surface area (Å²) in [6.45, 7) is 0. The normalized spacial score (nSPS) is 10.3. The van der Waals surface area contributed by atoms with Gasteiger partial charge in [-0.1, -0.05) is 17.7 Å². The fraction of sp³-hybridized carbons (Fsp3) is 0.100. The van der Waals surface area contributed by atoms with Crippen LogP contribution in [0.25, 0.3) is 0 Å². The number of aromatic nitrogens is 2. The van der Waals surface area contributed by atoms with E-state index in [1.54, 1.807) is 35.3 Å². The molecule has 0 atom stereocenters. The number of nitrogens with two attached hydrogens (primary N) is 1. The number of rotatable bonds is 2. The predicted molar refractivity (Wildman–Crippen MR) is 59.1 cm³/mol. The first kappa shape index (κ1) is 9.86. The number of anilines is 1. The van der Waals surface area contributed by atoms with Gasteiger partial charge < -0.3 is 10.5 Å². The largest absolute Gasteiger partial charge is 0.450 e. The van der Waals surface area contributed by atoms with Crippen LogP contribution < -0.4 is 10.5 Å². The molecule has 0 amide bonds. The van der Waals surface area contributed by atoms with Crippen molar-refractivity contribution in [3.8, 4) is 11.5 Å². The fourth-order valence-electron chi connectivity index (χ4n) is 1.20. The van der Waals surface area contributed by atoms with Crippen LogP contribution in [0.1, 0.15) is 0 Å². The summed E-state index contributed by atoms with van der Waals surface area (Å²) >= 11 is 5.95. The third kappa shape index (κ3) is 2.05. The van der Waals surface area contributed by atoms with E-state index in [1.165, 1.54) is 0 Å². The zero-order chi connectivity index (χ0) is 10.8. The lowest BCUT2D eigenvalue weighted by Crippen LogP contribution is -1.92. The van der Waals surface area contributed by atoms with Crippen LogP contribution >= 0.6 is 11.6 Å². The SMILES string of the molecule is Cn1cc(Oc2c(N)cccc2Cl)cn1. The second kappa shape index (κ2) is 3.82. The third-order valence-corrected chi connectivity index (χ3v) is 2.20. The summed E-state index contributed by atoms with van der Waals surface area (Å²) < 4.78 is 7.16. The van der Waals surface area contributed by atoms with Gasteiger partial charge in [0.2, 0.25) is 0 Å². The molecule has 1 aromatic heterocycles. The summed E-state index contributed by atoms with van der Waals surface area (Å²) in [6, 6.07) is 5.23. The zero-order valence-electron chi connectivity index (χ0n) is 8.14. The molecular weight excluding hydrogens is 214 g/mol. The second-order valence-electron chi connectivity index (χ2n) is 3.11. The number of nitrogen functional groups attached to an aromatic ring is 1. The summed E-state index contributed by atoms with van der Waals surface area (Å²) in [6.07, 6.45) is 3.34. The average Bonchev–Trinajstić information content (AvgIpc) is 2.58. The lowest BCUT2D eigenvalue weighted by molar-refractivity contribution is 0.484. The summed E-state index contributed by atoms with van der Waals surface area (Å²) in [5, 5.41) is 4.46. The van der Waals surface area contributed by atoms with Crippen molar-refractivity contribution in [3.05, 3.63) is 35.6 Å². The molecule has 0 saturated carbocycles. The number of hydrogen-bond acceptors (Lipinski definition) is 3. The number of ether oxygens (including phenoxy) is 1. The van der Waals surface area contributed by atoms with E-state index < -0.39 is 0 Å². The van der Waals surface area contributed by atoms with Gasteiger partial charge in [-0.2, -0.15) is 5.10 Å². The monoisotopic (exact) mass is 223 g/mol. The molecular formula is C10H10ClN3O. The Labute approximate surface area is 92.2 Å². The maximum atomic E-state index is 5.95. The maximum absolute atomic E-state index is 5.95. The first-order chi connectivity index (χ1) is 7.16. The van der Waals surface area contributed by atoms with E-state index in [1.807, 2.05) is 7.05 Å². The molecule has 1 heterocycles. The minimum absolute atomic E-state index is 0.465. The number of benzene rings is 1. The van der Waals surface area contributed by atoms with Crippen LogP contribution in [0.3, 0.4) is 0 Å². The van der Waals surface area contributed by atoms with Gasteiger partial charge in [-0.05, 0) is 12.1 Å². The Morgan fingerprint density at radius 3 is 2.87 bits per heavy atom. The van der Waals surface area contributed by atoms with Gasteiger partial charge in [0, 0.05) is 7.05 Å². The van der Waals surface area contributed by atoms with Crippen molar-refractivity contribution in [2.24, 2.45) is 7.05 Å². The standard InChI is InChI=1S/C10H10ClN3O/c1-14-6-7(5-13-14)15-10-8(11)3-2-4-9(10)12/h2-6H,12H2,1H3. The molecule has 78 valence electrons. The predicted octanol–water partition coefficient (Wildman–Crippen LogP) is 2.45. The number of hydrogen-bond donors (Lipinski definition) is 1. The molecule has 2 N–H and O–H groups in total. The molecule has 0 saturated heterocycles. The summed E-state index contributed by atoms with van der Waals surface area (Å²) in [7, 11) is 1.81. The van der Waals surface area contributed by atoms with Crippen LogP contribution in [0, 0.1) is 0 Å². The van der Waals surface area contributed by atoms with Crippen LogP contribution in [-0.2, 0) is 7.05 Å². The van der Waals surface area contributed by atoms with Gasteiger partial charge in [0.25, 0.3) is 0 Å². The zero-order valence-corrected chi connectivity index (χ0v) is 8.90. The second-order valence-corrected chi connectivity index (χ2v) is 3.52. The molecule has 0 aliphatic carbocycles. The molecule has 0 aliphatic heterocycles. The highest BCUT2D eigenvalue weighted by molar-refractivity contribution is 6.32. The van der Waals surface area contributed by atoms with Crippen molar-refractivity contribution in [1.82, 2.24) is 9.78 Å². The highest BCUT2D eigenvalue weighted by Gasteiger charge is 2.07. The highest BCUT2D eigenvalue weighted by Crippen LogP contribution is 2.34. The van der Waals surface area contributed by atoms with Crippen molar-refractivity contribution in [2.75, 3.05) is 5.73 Å². The Hall–Kier alpha value is -1.68. The molecule has 15 heavy (non-hydrogen) atoms. The summed E-state index contributed by atoms with van der Waals surface area (Å²) in [5.74, 6) is 1.07. The number of aryl methyl sites for hydroxylation is 1. The van der Waals surface area contributed by atoms with Crippen LogP contribution in [-0.4, -0.2) is 9.78 Å². The molecule has 4 nitrogen and oxygen atoms in total. The maximum Gasteiger partial charge on any atom is 0.169 e. The van der Waals surface area contributed by atoms with Crippen molar-refractivity contribution >= 4 is 17.3 Å². The topological polar surface area (TPSA) is 53.1 Å². The quantitative estimate of drug-likeness (QED) is 0.796. The average molecular weight is 224 g/mol. The van der Waals surface area contributed by atoms with E-state index in [0.29, 0.717) is 22.2 Å². The summed E-state index contributed by atoms with van der Waals surface area (Å²) in [4.78, 5) is 0. The smallest absolute Gasteiger partial charge is 0.169 e. The highest BCUT2D eigenvalue weighted by atomic mass is 35.5. The molecule has 0 aliphatic rings. The molecule has 0 bridgehead atoms. The molecule has 0 radical (unpaired) electrons. The van der Waals surface area contributed by atoms with Crippen LogP contribution in [0.4, 0.5) is 5.69 Å². The Kier molecular flexibility index (Phi) is 2.51. The van der Waals surface area contributed by atoms with E-state index in [0.717, 1.165) is 0 Å². The van der Waals surface area contributed by atoms with Gasteiger partial charge in [0.05, 0.1) is 23.1 Å². The lowest BCUT2D eigenvalue weighted by Gasteiger charge is -2.07. The van der Waals surface area contributed by atoms with Crippen LogP contribution in [0.15, 0.2) is 30.6 Å². The molecule has 2 rings (SSSR count). The van der Waals surface area contributed by atoms with Gasteiger partial charge in [0.1, 0.15) is 0 Å². The van der Waals surface area contributed by atoms with Gasteiger partial charge in [0.15, 0.2) is 11.5 Å². The number of halogens is 1. The summed E-state index contributed by atoms with van der Waals surface area (Å²) in [5.41, 5.74) is 6.25. The van der Waals surface area contributed by atoms with Gasteiger partial charge in [-0.3, -0.25) is 4.68 Å². The minimum atomic E-state index is 0.465. The molecule has 5 heteroatoms. The Morgan fingerprint density at radius 1 is 1.47 bits per heavy atom. The lowest BCUT2D eigenvalue weighted by atomic mass is 10.3. The van der Waals surface area contributed by atoms with Crippen molar-refractivity contribution < 1.29 is 4.74 Å². The van der Waals surface area contributed by atoms with Crippen molar-refractivity contribution in [1.29, 1.82) is 0 Å². The number of nitrogens with zero attached hydrogens (tertiary/aromatic N) is 2. The van der Waals surface area contributed by atoms with Gasteiger partial charge >= 0.3 is 0 Å². The van der Waals surface area contributed by atoms with Crippen molar-refractivity contribution in [3.63, 3.8) is 0 Å². The molecule has 0 spiro atoms. The van der Waals surface area contributed by atoms with E-state index in [9.17, 15) is 0 Å². The van der Waals surface area contributed by atoms with E-state index >= 15 is 0 Å².